The maximum absolute atomic E-state index is 13.1. The zero-order valence-corrected chi connectivity index (χ0v) is 12.3. The van der Waals surface area contributed by atoms with Crippen molar-refractivity contribution in [2.24, 2.45) is 0 Å². The van der Waals surface area contributed by atoms with E-state index in [1.165, 1.54) is 6.33 Å². The van der Waals surface area contributed by atoms with Gasteiger partial charge in [-0.2, -0.15) is 0 Å². The number of rotatable bonds is 4. The predicted octanol–water partition coefficient (Wildman–Crippen LogP) is 2.21. The van der Waals surface area contributed by atoms with E-state index in [0.29, 0.717) is 11.2 Å². The molecule has 0 saturated carbocycles. The van der Waals surface area contributed by atoms with Crippen molar-refractivity contribution in [3.8, 4) is 0 Å². The molecule has 0 bridgehead atoms. The van der Waals surface area contributed by atoms with Crippen LogP contribution in [0, 0.1) is 11.6 Å². The predicted molar refractivity (Wildman–Crippen MR) is 83.4 cm³/mol. The van der Waals surface area contributed by atoms with E-state index in [1.807, 2.05) is 6.07 Å². The van der Waals surface area contributed by atoms with Crippen molar-refractivity contribution in [3.63, 3.8) is 0 Å². The number of anilines is 1. The summed E-state index contributed by atoms with van der Waals surface area (Å²) in [5.74, 6) is -3.32. The van der Waals surface area contributed by atoms with Crippen molar-refractivity contribution in [1.29, 1.82) is 0 Å². The van der Waals surface area contributed by atoms with Crippen LogP contribution in [0.25, 0.3) is 11.0 Å². The lowest BCUT2D eigenvalue weighted by Gasteiger charge is -2.08. The van der Waals surface area contributed by atoms with Gasteiger partial charge in [-0.1, -0.05) is 6.07 Å². The summed E-state index contributed by atoms with van der Waals surface area (Å²) in [5, 5.41) is 4.97. The summed E-state index contributed by atoms with van der Waals surface area (Å²) >= 11 is 0. The number of nitrogens with zero attached hydrogens (tertiary/aromatic N) is 1. The van der Waals surface area contributed by atoms with Gasteiger partial charge in [-0.3, -0.25) is 9.59 Å². The summed E-state index contributed by atoms with van der Waals surface area (Å²) in [5.41, 5.74) is 1.79. The molecule has 0 saturated heterocycles. The number of halogens is 2. The Kier molecular flexibility index (Phi) is 4.19. The highest BCUT2D eigenvalue weighted by molar-refractivity contribution is 6.02. The number of para-hydroxylation sites is 1. The minimum Gasteiger partial charge on any atom is -0.345 e. The van der Waals surface area contributed by atoms with Gasteiger partial charge in [-0.25, -0.2) is 13.8 Å². The molecule has 0 atom stereocenters. The Morgan fingerprint density at radius 1 is 1.12 bits per heavy atom. The fraction of sp³-hybridized carbons (Fsp3) is 0.0625. The maximum Gasteiger partial charge on any atom is 0.251 e. The van der Waals surface area contributed by atoms with Gasteiger partial charge in [0, 0.05) is 5.56 Å². The monoisotopic (exact) mass is 330 g/mol. The third-order valence-electron chi connectivity index (χ3n) is 3.32. The molecule has 0 aliphatic carbocycles. The molecule has 0 aliphatic heterocycles. The van der Waals surface area contributed by atoms with Crippen molar-refractivity contribution in [2.75, 3.05) is 11.9 Å². The molecular formula is C16H12F2N4O2. The van der Waals surface area contributed by atoms with Crippen molar-refractivity contribution >= 4 is 28.5 Å². The van der Waals surface area contributed by atoms with E-state index < -0.39 is 23.4 Å². The molecule has 0 fully saturated rings. The fourth-order valence-electron chi connectivity index (χ4n) is 2.16. The molecular weight excluding hydrogens is 318 g/mol. The van der Waals surface area contributed by atoms with Crippen molar-refractivity contribution in [3.05, 3.63) is 59.9 Å². The average molecular weight is 330 g/mol. The highest BCUT2D eigenvalue weighted by atomic mass is 19.2. The first kappa shape index (κ1) is 15.6. The molecule has 6 nitrogen and oxygen atoms in total. The Labute approximate surface area is 134 Å². The van der Waals surface area contributed by atoms with Crippen LogP contribution in [0.2, 0.25) is 0 Å². The van der Waals surface area contributed by atoms with Gasteiger partial charge in [-0.05, 0) is 30.3 Å². The van der Waals surface area contributed by atoms with E-state index in [0.717, 1.165) is 23.7 Å². The van der Waals surface area contributed by atoms with Crippen LogP contribution in [-0.2, 0) is 4.79 Å². The van der Waals surface area contributed by atoms with Crippen LogP contribution in [-0.4, -0.2) is 28.3 Å². The lowest BCUT2D eigenvalue weighted by atomic mass is 10.2. The molecule has 122 valence electrons. The van der Waals surface area contributed by atoms with Crippen LogP contribution in [0.3, 0.4) is 0 Å². The minimum absolute atomic E-state index is 0.0731. The van der Waals surface area contributed by atoms with Crippen molar-refractivity contribution in [2.45, 2.75) is 0 Å². The van der Waals surface area contributed by atoms with Gasteiger partial charge in [0.25, 0.3) is 5.91 Å². The molecule has 1 aromatic heterocycles. The molecule has 0 spiro atoms. The zero-order valence-electron chi connectivity index (χ0n) is 12.3. The van der Waals surface area contributed by atoms with E-state index in [9.17, 15) is 18.4 Å². The second-order valence-electron chi connectivity index (χ2n) is 4.96. The maximum atomic E-state index is 13.1. The third-order valence-corrected chi connectivity index (χ3v) is 3.32. The largest absolute Gasteiger partial charge is 0.345 e. The number of hydrogen-bond acceptors (Lipinski definition) is 3. The highest BCUT2D eigenvalue weighted by Crippen LogP contribution is 2.19. The minimum atomic E-state index is -1.13. The number of H-pyrrole nitrogens is 1. The van der Waals surface area contributed by atoms with Gasteiger partial charge in [0.2, 0.25) is 5.91 Å². The normalized spacial score (nSPS) is 10.6. The first-order valence-corrected chi connectivity index (χ1v) is 7.00. The molecule has 3 aromatic rings. The highest BCUT2D eigenvalue weighted by Gasteiger charge is 2.12. The van der Waals surface area contributed by atoms with Crippen LogP contribution in [0.15, 0.2) is 42.7 Å². The van der Waals surface area contributed by atoms with Crippen LogP contribution in [0.4, 0.5) is 14.5 Å². The number of carbonyl (C=O) groups excluding carboxylic acids is 2. The van der Waals surface area contributed by atoms with Gasteiger partial charge in [0.1, 0.15) is 5.52 Å². The van der Waals surface area contributed by atoms with Gasteiger partial charge in [0.15, 0.2) is 11.6 Å². The van der Waals surface area contributed by atoms with E-state index in [2.05, 4.69) is 20.6 Å². The molecule has 0 radical (unpaired) electrons. The number of fused-ring (bicyclic) bond motifs is 1. The van der Waals surface area contributed by atoms with Crippen molar-refractivity contribution in [1.82, 2.24) is 15.3 Å². The molecule has 8 heteroatoms. The number of benzene rings is 2. The molecule has 1 heterocycles. The molecule has 3 N–H and O–H groups in total. The summed E-state index contributed by atoms with van der Waals surface area (Å²) in [4.78, 5) is 30.8. The average Bonchev–Trinajstić information content (AvgIpc) is 3.05. The molecule has 0 unspecified atom stereocenters. The second-order valence-corrected chi connectivity index (χ2v) is 4.96. The van der Waals surface area contributed by atoms with Crippen LogP contribution >= 0.6 is 0 Å². The topological polar surface area (TPSA) is 86.9 Å². The van der Waals surface area contributed by atoms with E-state index >= 15 is 0 Å². The van der Waals surface area contributed by atoms with E-state index in [1.54, 1.807) is 12.1 Å². The summed E-state index contributed by atoms with van der Waals surface area (Å²) in [6, 6.07) is 7.99. The summed E-state index contributed by atoms with van der Waals surface area (Å²) in [6.45, 7) is -0.321. The standard InChI is InChI=1S/C16H12F2N4O2/c17-10-5-4-9(6-11(10)18)16(24)19-7-14(23)22-13-3-1-2-12-15(13)21-8-20-12/h1-6,8H,7H2,(H,19,24)(H,20,21)(H,22,23). The molecule has 2 amide bonds. The number of amides is 2. The van der Waals surface area contributed by atoms with E-state index in [-0.39, 0.29) is 12.1 Å². The van der Waals surface area contributed by atoms with E-state index in [4.69, 9.17) is 0 Å². The SMILES string of the molecule is O=C(CNC(=O)c1ccc(F)c(F)c1)Nc1cccc2[nH]cnc12. The second kappa shape index (κ2) is 6.45. The van der Waals surface area contributed by atoms with Gasteiger partial charge < -0.3 is 15.6 Å². The first-order valence-electron chi connectivity index (χ1n) is 7.00. The van der Waals surface area contributed by atoms with Gasteiger partial charge in [0.05, 0.1) is 24.1 Å². The zero-order chi connectivity index (χ0) is 17.1. The Balaban J connectivity index is 1.62. The smallest absolute Gasteiger partial charge is 0.251 e. The summed E-state index contributed by atoms with van der Waals surface area (Å²) in [6.07, 6.45) is 1.51. The number of aromatic amines is 1. The number of hydrogen-bond donors (Lipinski definition) is 3. The third kappa shape index (κ3) is 3.22. The molecule has 24 heavy (non-hydrogen) atoms. The fourth-order valence-corrected chi connectivity index (χ4v) is 2.16. The Morgan fingerprint density at radius 2 is 1.96 bits per heavy atom. The molecule has 0 aliphatic rings. The number of aromatic nitrogens is 2. The van der Waals surface area contributed by atoms with Crippen LogP contribution in [0.5, 0.6) is 0 Å². The van der Waals surface area contributed by atoms with Crippen molar-refractivity contribution < 1.29 is 18.4 Å². The summed E-state index contributed by atoms with van der Waals surface area (Å²) < 4.78 is 25.9. The van der Waals surface area contributed by atoms with Crippen LogP contribution in [0.1, 0.15) is 10.4 Å². The Bertz CT molecular complexity index is 923. The lowest BCUT2D eigenvalue weighted by molar-refractivity contribution is -0.115. The number of nitrogens with one attached hydrogen (secondary N) is 3. The first-order chi connectivity index (χ1) is 11.5. The lowest BCUT2D eigenvalue weighted by Crippen LogP contribution is -2.33. The molecule has 2 aromatic carbocycles. The Morgan fingerprint density at radius 3 is 2.75 bits per heavy atom. The number of carbonyl (C=O) groups is 2. The number of imidazole rings is 1. The summed E-state index contributed by atoms with van der Waals surface area (Å²) in [7, 11) is 0. The quantitative estimate of drug-likeness (QED) is 0.685. The Hall–Kier alpha value is -3.29. The molecule has 3 rings (SSSR count). The van der Waals surface area contributed by atoms with Gasteiger partial charge >= 0.3 is 0 Å². The van der Waals surface area contributed by atoms with Crippen LogP contribution < -0.4 is 10.6 Å². The van der Waals surface area contributed by atoms with Gasteiger partial charge in [-0.15, -0.1) is 0 Å².